The van der Waals surface area contributed by atoms with E-state index in [1.165, 1.54) is 18.3 Å². The molecule has 190 valence electrons. The van der Waals surface area contributed by atoms with E-state index in [-0.39, 0.29) is 17.1 Å². The van der Waals surface area contributed by atoms with E-state index in [0.717, 1.165) is 29.4 Å². The molecule has 4 heterocycles. The van der Waals surface area contributed by atoms with Crippen LogP contribution < -0.4 is 0 Å². The van der Waals surface area contributed by atoms with E-state index in [9.17, 15) is 22.7 Å². The Labute approximate surface area is 211 Å². The fourth-order valence-electron chi connectivity index (χ4n) is 5.57. The molecule has 1 aliphatic carbocycles. The minimum Gasteiger partial charge on any atom is -0.494 e. The molecule has 0 saturated carbocycles. The van der Waals surface area contributed by atoms with Gasteiger partial charge in [-0.3, -0.25) is 5.10 Å². The van der Waals surface area contributed by atoms with Gasteiger partial charge in [-0.1, -0.05) is 0 Å². The van der Waals surface area contributed by atoms with Gasteiger partial charge >= 0.3 is 6.18 Å². The van der Waals surface area contributed by atoms with E-state index < -0.39 is 17.7 Å². The molecule has 2 aliphatic rings. The Morgan fingerprint density at radius 3 is 2.63 bits per heavy atom. The van der Waals surface area contributed by atoms with Crippen LogP contribution in [0.15, 0.2) is 46.8 Å². The summed E-state index contributed by atoms with van der Waals surface area (Å²) in [5, 5.41) is 26.2. The maximum atomic E-state index is 14.0. The number of hydrogen-bond donors (Lipinski definition) is 3. The van der Waals surface area contributed by atoms with Crippen molar-refractivity contribution in [3.8, 4) is 17.1 Å². The summed E-state index contributed by atoms with van der Waals surface area (Å²) in [6.45, 7) is 0. The predicted molar refractivity (Wildman–Crippen MR) is 133 cm³/mol. The average Bonchev–Trinajstić information content (AvgIpc) is 3.61. The maximum Gasteiger partial charge on any atom is 0.433 e. The van der Waals surface area contributed by atoms with Gasteiger partial charge in [0.15, 0.2) is 5.88 Å². The molecular formula is C27H18F4N6O. The molecule has 0 bridgehead atoms. The first-order valence-corrected chi connectivity index (χ1v) is 12.0. The Hall–Kier alpha value is -4.54. The van der Waals surface area contributed by atoms with Gasteiger partial charge in [0.05, 0.1) is 34.4 Å². The first kappa shape index (κ1) is 22.6. The number of aryl methyl sites for hydroxylation is 1. The average molecular weight is 518 g/mol. The molecule has 0 radical (unpaired) electrons. The normalized spacial score (nSPS) is 16.1. The van der Waals surface area contributed by atoms with E-state index in [2.05, 4.69) is 25.4 Å². The zero-order valence-corrected chi connectivity index (χ0v) is 19.6. The van der Waals surface area contributed by atoms with E-state index in [4.69, 9.17) is 4.98 Å². The monoisotopic (exact) mass is 518 g/mol. The fraction of sp³-hybridized carbons (Fsp3) is 0.185. The van der Waals surface area contributed by atoms with Crippen molar-refractivity contribution in [3.63, 3.8) is 0 Å². The number of benzene rings is 2. The molecule has 0 fully saturated rings. The summed E-state index contributed by atoms with van der Waals surface area (Å²) in [4.78, 5) is 7.56. The van der Waals surface area contributed by atoms with Gasteiger partial charge in [0.25, 0.3) is 0 Å². The molecule has 0 saturated heterocycles. The molecule has 7 nitrogen and oxygen atoms in total. The minimum atomic E-state index is -4.60. The van der Waals surface area contributed by atoms with Crippen molar-refractivity contribution in [2.75, 3.05) is 0 Å². The Morgan fingerprint density at radius 1 is 1.00 bits per heavy atom. The standard InChI is InChI=1S/C27H18F4N6O/c28-12-5-6-18-15(9-12)16(26(38)34-18)10-21-23-20(35-36-21)8-7-19-22(23)13-3-1-2-4-14(13)24(33-19)17-11-32-37-25(17)27(29,30)31/h5-11,34,38H,1-4H2,(H,32,37)/b21-10-. The number of pyridine rings is 1. The van der Waals surface area contributed by atoms with Crippen LogP contribution in [0.2, 0.25) is 0 Å². The predicted octanol–water partition coefficient (Wildman–Crippen LogP) is 7.44. The number of aromatic hydroxyl groups is 1. The Balaban J connectivity index is 1.48. The second kappa shape index (κ2) is 7.98. The summed E-state index contributed by atoms with van der Waals surface area (Å²) < 4.78 is 55.1. The molecule has 38 heavy (non-hydrogen) atoms. The SMILES string of the molecule is Oc1[nH]c2ccc(F)cc2c1/C=C1\N=Nc2ccc3nc(-c4cn[nH]c4C(F)(F)F)c4c(c3c21)CCCC4. The van der Waals surface area contributed by atoms with Crippen molar-refractivity contribution in [3.05, 3.63) is 70.3 Å². The second-order valence-electron chi connectivity index (χ2n) is 9.44. The van der Waals surface area contributed by atoms with Gasteiger partial charge in [0.2, 0.25) is 0 Å². The van der Waals surface area contributed by atoms with E-state index in [1.54, 1.807) is 24.3 Å². The highest BCUT2D eigenvalue weighted by molar-refractivity contribution is 6.07. The third-order valence-corrected chi connectivity index (χ3v) is 7.21. The van der Waals surface area contributed by atoms with Crippen LogP contribution in [0.25, 0.3) is 44.8 Å². The van der Waals surface area contributed by atoms with Gasteiger partial charge in [-0.05, 0) is 73.2 Å². The summed E-state index contributed by atoms with van der Waals surface area (Å²) in [5.41, 5.74) is 4.12. The van der Waals surface area contributed by atoms with Crippen molar-refractivity contribution in [2.24, 2.45) is 10.2 Å². The molecule has 0 atom stereocenters. The summed E-state index contributed by atoms with van der Waals surface area (Å²) >= 11 is 0. The Morgan fingerprint density at radius 2 is 1.82 bits per heavy atom. The number of aromatic nitrogens is 4. The number of nitrogens with one attached hydrogen (secondary N) is 2. The van der Waals surface area contributed by atoms with Crippen LogP contribution in [-0.4, -0.2) is 25.3 Å². The van der Waals surface area contributed by atoms with Crippen LogP contribution in [0.4, 0.5) is 23.2 Å². The minimum absolute atomic E-state index is 0.0751. The van der Waals surface area contributed by atoms with Crippen LogP contribution in [0.5, 0.6) is 5.88 Å². The number of nitrogens with zero attached hydrogens (tertiary/aromatic N) is 4. The van der Waals surface area contributed by atoms with Crippen LogP contribution in [0, 0.1) is 5.82 Å². The van der Waals surface area contributed by atoms with Gasteiger partial charge in [-0.15, -0.1) is 10.2 Å². The highest BCUT2D eigenvalue weighted by atomic mass is 19.4. The molecule has 0 spiro atoms. The number of H-pyrrole nitrogens is 2. The van der Waals surface area contributed by atoms with Crippen LogP contribution in [-0.2, 0) is 19.0 Å². The Kier molecular flexibility index (Phi) is 4.75. The lowest BCUT2D eigenvalue weighted by molar-refractivity contribution is -0.140. The number of halogens is 4. The van der Waals surface area contributed by atoms with Crippen molar-refractivity contribution in [2.45, 2.75) is 31.9 Å². The molecular weight excluding hydrogens is 500 g/mol. The Bertz CT molecular complexity index is 1850. The van der Waals surface area contributed by atoms with Crippen LogP contribution >= 0.6 is 0 Å². The van der Waals surface area contributed by atoms with Crippen LogP contribution in [0.1, 0.15) is 40.8 Å². The lowest BCUT2D eigenvalue weighted by Crippen LogP contribution is -2.12. The second-order valence-corrected chi connectivity index (χ2v) is 9.44. The first-order valence-electron chi connectivity index (χ1n) is 12.0. The number of alkyl halides is 3. The van der Waals surface area contributed by atoms with E-state index in [0.29, 0.717) is 51.8 Å². The van der Waals surface area contributed by atoms with Crippen molar-refractivity contribution >= 4 is 39.3 Å². The quantitative estimate of drug-likeness (QED) is 0.212. The highest BCUT2D eigenvalue weighted by Crippen LogP contribution is 2.47. The van der Waals surface area contributed by atoms with Gasteiger partial charge in [0.1, 0.15) is 11.5 Å². The summed E-state index contributed by atoms with van der Waals surface area (Å²) in [5.74, 6) is -0.581. The van der Waals surface area contributed by atoms with Crippen molar-refractivity contribution in [1.82, 2.24) is 20.2 Å². The molecule has 11 heteroatoms. The van der Waals surface area contributed by atoms with Crippen molar-refractivity contribution in [1.29, 1.82) is 0 Å². The number of hydrogen-bond acceptors (Lipinski definition) is 5. The third-order valence-electron chi connectivity index (χ3n) is 7.21. The zero-order valence-electron chi connectivity index (χ0n) is 19.6. The summed E-state index contributed by atoms with van der Waals surface area (Å²) in [6, 6.07) is 7.63. The molecule has 7 rings (SSSR count). The molecule has 2 aromatic carbocycles. The van der Waals surface area contributed by atoms with E-state index in [1.807, 2.05) is 0 Å². The number of aromatic amines is 2. The van der Waals surface area contributed by atoms with Crippen molar-refractivity contribution < 1.29 is 22.7 Å². The molecule has 1 aliphatic heterocycles. The lowest BCUT2D eigenvalue weighted by Gasteiger charge is -2.22. The largest absolute Gasteiger partial charge is 0.494 e. The number of rotatable bonds is 2. The maximum absolute atomic E-state index is 14.0. The fourth-order valence-corrected chi connectivity index (χ4v) is 5.57. The lowest BCUT2D eigenvalue weighted by atomic mass is 9.84. The first-order chi connectivity index (χ1) is 18.3. The summed E-state index contributed by atoms with van der Waals surface area (Å²) in [6.07, 6.45) is 1.16. The van der Waals surface area contributed by atoms with Gasteiger partial charge in [-0.2, -0.15) is 18.3 Å². The van der Waals surface area contributed by atoms with E-state index >= 15 is 0 Å². The molecule has 0 unspecified atom stereocenters. The molecule has 0 amide bonds. The molecule has 3 N–H and O–H groups in total. The highest BCUT2D eigenvalue weighted by Gasteiger charge is 2.37. The van der Waals surface area contributed by atoms with Gasteiger partial charge in [0, 0.05) is 27.4 Å². The van der Waals surface area contributed by atoms with Gasteiger partial charge < -0.3 is 10.1 Å². The topological polar surface area (TPSA) is 102 Å². The van der Waals surface area contributed by atoms with Crippen LogP contribution in [0.3, 0.4) is 0 Å². The van der Waals surface area contributed by atoms with Gasteiger partial charge in [-0.25, -0.2) is 9.37 Å². The third kappa shape index (κ3) is 3.34. The number of azo groups is 1. The smallest absolute Gasteiger partial charge is 0.433 e. The summed E-state index contributed by atoms with van der Waals surface area (Å²) in [7, 11) is 0. The molecule has 5 aromatic rings. The number of fused-ring (bicyclic) bond motifs is 6. The molecule has 3 aromatic heterocycles. The zero-order chi connectivity index (χ0) is 26.2.